The van der Waals surface area contributed by atoms with Crippen molar-refractivity contribution < 1.29 is 9.18 Å². The molecule has 6 nitrogen and oxygen atoms in total. The Hall–Kier alpha value is -3.61. The quantitative estimate of drug-likeness (QED) is 0.498. The Morgan fingerprint density at radius 2 is 2.00 bits per heavy atom. The number of halogens is 1. The fourth-order valence-electron chi connectivity index (χ4n) is 3.79. The van der Waals surface area contributed by atoms with Gasteiger partial charge in [0.2, 0.25) is 0 Å². The second-order valence-electron chi connectivity index (χ2n) is 7.33. The van der Waals surface area contributed by atoms with Crippen LogP contribution >= 0.6 is 0 Å². The molecule has 0 radical (unpaired) electrons. The molecule has 1 aliphatic heterocycles. The van der Waals surface area contributed by atoms with E-state index in [1.54, 1.807) is 12.1 Å². The molecule has 2 aromatic carbocycles. The van der Waals surface area contributed by atoms with Crippen molar-refractivity contribution in [3.63, 3.8) is 0 Å². The van der Waals surface area contributed by atoms with Crippen LogP contribution in [0.25, 0.3) is 22.2 Å². The van der Waals surface area contributed by atoms with Crippen LogP contribution in [0, 0.1) is 5.82 Å². The number of fused-ring (bicyclic) bond motifs is 1. The van der Waals surface area contributed by atoms with Crippen molar-refractivity contribution in [1.29, 1.82) is 0 Å². The number of hydrogen-bond acceptors (Lipinski definition) is 3. The summed E-state index contributed by atoms with van der Waals surface area (Å²) in [5.41, 5.74) is 3.33. The molecule has 1 aliphatic rings. The number of H-pyrrole nitrogens is 2. The van der Waals surface area contributed by atoms with Crippen LogP contribution in [0.5, 0.6) is 0 Å². The molecule has 0 aliphatic carbocycles. The molecule has 0 saturated carbocycles. The second kappa shape index (κ2) is 7.09. The van der Waals surface area contributed by atoms with Crippen molar-refractivity contribution in [1.82, 2.24) is 20.5 Å². The summed E-state index contributed by atoms with van der Waals surface area (Å²) in [5.74, 6) is 0.498. The molecule has 1 unspecified atom stereocenters. The minimum absolute atomic E-state index is 0.0628. The van der Waals surface area contributed by atoms with E-state index in [9.17, 15) is 9.18 Å². The van der Waals surface area contributed by atoms with E-state index in [0.717, 1.165) is 40.9 Å². The van der Waals surface area contributed by atoms with Gasteiger partial charge in [-0.05, 0) is 59.8 Å². The van der Waals surface area contributed by atoms with Crippen LogP contribution in [-0.4, -0.2) is 40.2 Å². The summed E-state index contributed by atoms with van der Waals surface area (Å²) in [4.78, 5) is 17.9. The second-order valence-corrected chi connectivity index (χ2v) is 7.33. The van der Waals surface area contributed by atoms with Gasteiger partial charge in [0, 0.05) is 42.5 Å². The van der Waals surface area contributed by atoms with Gasteiger partial charge in [-0.1, -0.05) is 6.07 Å². The smallest absolute Gasteiger partial charge is 0.251 e. The van der Waals surface area contributed by atoms with Crippen molar-refractivity contribution in [3.8, 4) is 11.3 Å². The van der Waals surface area contributed by atoms with E-state index in [0.29, 0.717) is 12.1 Å². The molecule has 1 fully saturated rings. The Labute approximate surface area is 166 Å². The molecule has 146 valence electrons. The average molecular weight is 389 g/mol. The highest BCUT2D eigenvalue weighted by Gasteiger charge is 2.26. The maximum absolute atomic E-state index is 13.1. The molecule has 0 bridgehead atoms. The molecule has 1 amide bonds. The minimum Gasteiger partial charge on any atom is -0.361 e. The van der Waals surface area contributed by atoms with Crippen molar-refractivity contribution in [2.75, 3.05) is 18.0 Å². The SMILES string of the molecule is O=C(NC1CCN(c2cc(-c3ccc(F)cc3)[nH]n2)C1)c1ccc2cc[nH]c2c1. The molecule has 2 aromatic heterocycles. The number of nitrogens with zero attached hydrogens (tertiary/aromatic N) is 2. The fourth-order valence-corrected chi connectivity index (χ4v) is 3.79. The van der Waals surface area contributed by atoms with Crippen LogP contribution in [-0.2, 0) is 0 Å². The lowest BCUT2D eigenvalue weighted by Gasteiger charge is -2.16. The van der Waals surface area contributed by atoms with Crippen molar-refractivity contribution in [3.05, 3.63) is 72.2 Å². The molecule has 3 N–H and O–H groups in total. The lowest BCUT2D eigenvalue weighted by atomic mass is 10.1. The highest BCUT2D eigenvalue weighted by Crippen LogP contribution is 2.25. The topological polar surface area (TPSA) is 76.8 Å². The van der Waals surface area contributed by atoms with Gasteiger partial charge in [-0.15, -0.1) is 0 Å². The van der Waals surface area contributed by atoms with E-state index in [2.05, 4.69) is 25.4 Å². The molecular weight excluding hydrogens is 369 g/mol. The number of benzene rings is 2. The fraction of sp³-hybridized carbons (Fsp3) is 0.182. The summed E-state index contributed by atoms with van der Waals surface area (Å²) in [6.45, 7) is 1.51. The summed E-state index contributed by atoms with van der Waals surface area (Å²) in [5, 5.41) is 11.6. The normalized spacial score (nSPS) is 16.4. The monoisotopic (exact) mass is 389 g/mol. The third-order valence-electron chi connectivity index (χ3n) is 5.38. The third-order valence-corrected chi connectivity index (χ3v) is 5.38. The Balaban J connectivity index is 1.24. The Morgan fingerprint density at radius 3 is 2.86 bits per heavy atom. The number of carbonyl (C=O) groups is 1. The number of rotatable bonds is 4. The standard InChI is InChI=1S/C22H20FN5O/c23-17-5-3-14(4-6-17)20-12-21(27-26-20)28-10-8-18(13-28)25-22(29)16-2-1-15-7-9-24-19(15)11-16/h1-7,9,11-12,18,24H,8,10,13H2,(H,25,29)(H,26,27). The molecule has 7 heteroatoms. The third kappa shape index (κ3) is 3.47. The Bertz CT molecular complexity index is 1160. The first-order valence-electron chi connectivity index (χ1n) is 9.60. The van der Waals surface area contributed by atoms with Crippen LogP contribution in [0.3, 0.4) is 0 Å². The number of hydrogen-bond donors (Lipinski definition) is 3. The first kappa shape index (κ1) is 17.5. The van der Waals surface area contributed by atoms with Gasteiger partial charge in [0.05, 0.1) is 5.69 Å². The predicted molar refractivity (Wildman–Crippen MR) is 110 cm³/mol. The number of aromatic nitrogens is 3. The molecule has 1 saturated heterocycles. The van der Waals surface area contributed by atoms with E-state index in [1.807, 2.05) is 36.5 Å². The van der Waals surface area contributed by atoms with Crippen LogP contribution < -0.4 is 10.2 Å². The number of aromatic amines is 2. The van der Waals surface area contributed by atoms with Gasteiger partial charge in [-0.25, -0.2) is 4.39 Å². The highest BCUT2D eigenvalue weighted by atomic mass is 19.1. The van der Waals surface area contributed by atoms with Gasteiger partial charge in [0.1, 0.15) is 5.82 Å². The van der Waals surface area contributed by atoms with E-state index in [4.69, 9.17) is 0 Å². The zero-order valence-corrected chi connectivity index (χ0v) is 15.7. The zero-order chi connectivity index (χ0) is 19.8. The summed E-state index contributed by atoms with van der Waals surface area (Å²) < 4.78 is 13.1. The van der Waals surface area contributed by atoms with E-state index in [-0.39, 0.29) is 17.8 Å². The summed E-state index contributed by atoms with van der Waals surface area (Å²) >= 11 is 0. The van der Waals surface area contributed by atoms with Crippen LogP contribution in [0.4, 0.5) is 10.2 Å². The lowest BCUT2D eigenvalue weighted by Crippen LogP contribution is -2.37. The molecule has 29 heavy (non-hydrogen) atoms. The predicted octanol–water partition coefficient (Wildman–Crippen LogP) is 3.71. The van der Waals surface area contributed by atoms with E-state index < -0.39 is 0 Å². The molecule has 0 spiro atoms. The minimum atomic E-state index is -0.262. The van der Waals surface area contributed by atoms with E-state index in [1.165, 1.54) is 12.1 Å². The molecule has 1 atom stereocenters. The van der Waals surface area contributed by atoms with Crippen LogP contribution in [0.2, 0.25) is 0 Å². The van der Waals surface area contributed by atoms with Crippen LogP contribution in [0.1, 0.15) is 16.8 Å². The number of carbonyl (C=O) groups excluding carboxylic acids is 1. The molecular formula is C22H20FN5O. The van der Waals surface area contributed by atoms with Gasteiger partial charge in [-0.3, -0.25) is 9.89 Å². The number of amides is 1. The summed E-state index contributed by atoms with van der Waals surface area (Å²) in [6.07, 6.45) is 2.72. The summed E-state index contributed by atoms with van der Waals surface area (Å²) in [7, 11) is 0. The largest absolute Gasteiger partial charge is 0.361 e. The Morgan fingerprint density at radius 1 is 1.14 bits per heavy atom. The number of anilines is 1. The van der Waals surface area contributed by atoms with Crippen molar-refractivity contribution in [2.45, 2.75) is 12.5 Å². The van der Waals surface area contributed by atoms with Crippen molar-refractivity contribution in [2.24, 2.45) is 0 Å². The van der Waals surface area contributed by atoms with Crippen molar-refractivity contribution >= 4 is 22.6 Å². The van der Waals surface area contributed by atoms with Gasteiger partial charge < -0.3 is 15.2 Å². The number of nitrogens with one attached hydrogen (secondary N) is 3. The van der Waals surface area contributed by atoms with Gasteiger partial charge in [-0.2, -0.15) is 5.10 Å². The molecule has 5 rings (SSSR count). The zero-order valence-electron chi connectivity index (χ0n) is 15.7. The lowest BCUT2D eigenvalue weighted by molar-refractivity contribution is 0.0940. The first-order chi connectivity index (χ1) is 14.2. The van der Waals surface area contributed by atoms with Gasteiger partial charge in [0.15, 0.2) is 5.82 Å². The Kier molecular flexibility index (Phi) is 4.27. The van der Waals surface area contributed by atoms with Gasteiger partial charge >= 0.3 is 0 Å². The molecule has 4 aromatic rings. The average Bonchev–Trinajstić information content (AvgIpc) is 3.48. The highest BCUT2D eigenvalue weighted by molar-refractivity contribution is 5.98. The first-order valence-corrected chi connectivity index (χ1v) is 9.60. The maximum atomic E-state index is 13.1. The van der Waals surface area contributed by atoms with Gasteiger partial charge in [0.25, 0.3) is 5.91 Å². The van der Waals surface area contributed by atoms with E-state index >= 15 is 0 Å². The van der Waals surface area contributed by atoms with Crippen LogP contribution in [0.15, 0.2) is 60.8 Å². The summed E-state index contributed by atoms with van der Waals surface area (Å²) in [6, 6.07) is 16.0. The molecule has 3 heterocycles. The maximum Gasteiger partial charge on any atom is 0.251 e.